The second-order valence-electron chi connectivity index (χ2n) is 7.70. The summed E-state index contributed by atoms with van der Waals surface area (Å²) in [7, 11) is 4.61. The Hall–Kier alpha value is -2.32. The lowest BCUT2D eigenvalue weighted by atomic mass is 9.99. The van der Waals surface area contributed by atoms with Crippen molar-refractivity contribution in [3.8, 4) is 11.5 Å². The first kappa shape index (κ1) is 24.0. The summed E-state index contributed by atoms with van der Waals surface area (Å²) in [6.45, 7) is 8.37. The molecule has 0 saturated carbocycles. The first-order valence-corrected chi connectivity index (χ1v) is 10.4. The number of benzene rings is 1. The van der Waals surface area contributed by atoms with E-state index in [1.54, 1.807) is 14.2 Å². The molecule has 1 aromatic rings. The van der Waals surface area contributed by atoms with Crippen LogP contribution in [0.2, 0.25) is 0 Å². The number of hydrogen-bond donors (Lipinski definition) is 1. The van der Waals surface area contributed by atoms with Crippen molar-refractivity contribution in [2.24, 2.45) is 5.92 Å². The van der Waals surface area contributed by atoms with Gasteiger partial charge in [0.05, 0.1) is 27.9 Å². The molecule has 30 heavy (non-hydrogen) atoms. The zero-order chi connectivity index (χ0) is 22.1. The zero-order valence-electron chi connectivity index (χ0n) is 18.8. The first-order valence-electron chi connectivity index (χ1n) is 10.4. The summed E-state index contributed by atoms with van der Waals surface area (Å²) in [5.41, 5.74) is 1.16. The number of rotatable bonds is 10. The van der Waals surface area contributed by atoms with E-state index in [9.17, 15) is 9.59 Å². The van der Waals surface area contributed by atoms with Crippen LogP contribution >= 0.6 is 0 Å². The Morgan fingerprint density at radius 3 is 2.23 bits per heavy atom. The number of ether oxygens (including phenoxy) is 3. The van der Waals surface area contributed by atoms with Crippen LogP contribution in [0, 0.1) is 5.92 Å². The van der Waals surface area contributed by atoms with E-state index in [2.05, 4.69) is 15.1 Å². The average Bonchev–Trinajstić information content (AvgIpc) is 2.77. The van der Waals surface area contributed by atoms with Gasteiger partial charge in [-0.25, -0.2) is 4.79 Å². The number of esters is 1. The van der Waals surface area contributed by atoms with Crippen LogP contribution in [0.25, 0.3) is 0 Å². The molecule has 8 nitrogen and oxygen atoms in total. The van der Waals surface area contributed by atoms with Gasteiger partial charge in [0.2, 0.25) is 5.91 Å². The van der Waals surface area contributed by atoms with Gasteiger partial charge in [-0.15, -0.1) is 0 Å². The molecule has 1 aliphatic heterocycles. The standard InChI is InChI=1S/C22H35N3O5/c1-6-16(2)21(22(27)30-5)23-20(26)15-25-11-9-24(10-12-25)14-17-7-8-18(28-3)19(13-17)29-4/h7-8,13,16,21H,6,9-12,14-15H2,1-5H3,(H,23,26)/t16-,21+/m1/s1. The third-order valence-corrected chi connectivity index (χ3v) is 5.67. The molecule has 0 bridgehead atoms. The van der Waals surface area contributed by atoms with E-state index >= 15 is 0 Å². The fraction of sp³-hybridized carbons (Fsp3) is 0.636. The second kappa shape index (κ2) is 11.8. The Bertz CT molecular complexity index is 704. The van der Waals surface area contributed by atoms with E-state index < -0.39 is 12.0 Å². The largest absolute Gasteiger partial charge is 0.493 e. The molecule has 0 aromatic heterocycles. The normalized spacial score (nSPS) is 17.1. The van der Waals surface area contributed by atoms with Gasteiger partial charge in [-0.1, -0.05) is 26.3 Å². The van der Waals surface area contributed by atoms with Crippen LogP contribution in [0.15, 0.2) is 18.2 Å². The van der Waals surface area contributed by atoms with Crippen molar-refractivity contribution < 1.29 is 23.8 Å². The second-order valence-corrected chi connectivity index (χ2v) is 7.70. The van der Waals surface area contributed by atoms with Crippen molar-refractivity contribution in [3.63, 3.8) is 0 Å². The van der Waals surface area contributed by atoms with Gasteiger partial charge >= 0.3 is 5.97 Å². The number of piperazine rings is 1. The summed E-state index contributed by atoms with van der Waals surface area (Å²) in [5, 5.41) is 2.85. The molecule has 1 amide bonds. The molecule has 0 radical (unpaired) electrons. The van der Waals surface area contributed by atoms with Crippen molar-refractivity contribution in [1.29, 1.82) is 0 Å². The molecule has 1 aromatic carbocycles. The topological polar surface area (TPSA) is 80.3 Å². The highest BCUT2D eigenvalue weighted by atomic mass is 16.5. The first-order chi connectivity index (χ1) is 14.4. The number of amides is 1. The highest BCUT2D eigenvalue weighted by Crippen LogP contribution is 2.28. The van der Waals surface area contributed by atoms with Gasteiger partial charge in [0, 0.05) is 32.7 Å². The molecular formula is C22H35N3O5. The molecule has 1 saturated heterocycles. The quantitative estimate of drug-likeness (QED) is 0.574. The Morgan fingerprint density at radius 2 is 1.67 bits per heavy atom. The molecule has 0 aliphatic carbocycles. The van der Waals surface area contributed by atoms with Crippen LogP contribution in [-0.4, -0.2) is 81.8 Å². The van der Waals surface area contributed by atoms with Gasteiger partial charge in [-0.2, -0.15) is 0 Å². The van der Waals surface area contributed by atoms with E-state index in [0.717, 1.165) is 56.2 Å². The summed E-state index contributed by atoms with van der Waals surface area (Å²) in [6, 6.07) is 5.37. The Balaban J connectivity index is 1.82. The van der Waals surface area contributed by atoms with Gasteiger partial charge in [0.25, 0.3) is 0 Å². The van der Waals surface area contributed by atoms with Crippen molar-refractivity contribution in [3.05, 3.63) is 23.8 Å². The van der Waals surface area contributed by atoms with Crippen LogP contribution in [0.3, 0.4) is 0 Å². The molecular weight excluding hydrogens is 386 g/mol. The highest BCUT2D eigenvalue weighted by molar-refractivity contribution is 5.85. The zero-order valence-corrected chi connectivity index (χ0v) is 18.8. The molecule has 8 heteroatoms. The number of carbonyl (C=O) groups is 2. The fourth-order valence-electron chi connectivity index (χ4n) is 3.56. The Kier molecular flexibility index (Phi) is 9.39. The molecule has 1 aliphatic rings. The Morgan fingerprint density at radius 1 is 1.03 bits per heavy atom. The average molecular weight is 422 g/mol. The van der Waals surface area contributed by atoms with Gasteiger partial charge in [-0.05, 0) is 23.6 Å². The smallest absolute Gasteiger partial charge is 0.328 e. The molecule has 2 rings (SSSR count). The summed E-state index contributed by atoms with van der Waals surface area (Å²) in [4.78, 5) is 28.9. The summed E-state index contributed by atoms with van der Waals surface area (Å²) in [6.07, 6.45) is 0.787. The summed E-state index contributed by atoms with van der Waals surface area (Å²) < 4.78 is 15.5. The van der Waals surface area contributed by atoms with Crippen molar-refractivity contribution in [2.45, 2.75) is 32.9 Å². The van der Waals surface area contributed by atoms with Crippen LogP contribution in [-0.2, 0) is 20.9 Å². The van der Waals surface area contributed by atoms with Crippen LogP contribution < -0.4 is 14.8 Å². The van der Waals surface area contributed by atoms with Crippen LogP contribution in [0.4, 0.5) is 0 Å². The lowest BCUT2D eigenvalue weighted by molar-refractivity contribution is -0.146. The third-order valence-electron chi connectivity index (χ3n) is 5.67. The van der Waals surface area contributed by atoms with E-state index in [1.165, 1.54) is 7.11 Å². The number of hydrogen-bond acceptors (Lipinski definition) is 7. The molecule has 1 N–H and O–H groups in total. The van der Waals surface area contributed by atoms with Gasteiger partial charge in [0.15, 0.2) is 11.5 Å². The Labute approximate surface area is 179 Å². The lowest BCUT2D eigenvalue weighted by Gasteiger charge is -2.34. The summed E-state index contributed by atoms with van der Waals surface area (Å²) in [5.74, 6) is 0.947. The van der Waals surface area contributed by atoms with Crippen molar-refractivity contribution >= 4 is 11.9 Å². The molecule has 0 unspecified atom stereocenters. The predicted octanol–water partition coefficient (Wildman–Crippen LogP) is 1.53. The maximum Gasteiger partial charge on any atom is 0.328 e. The van der Waals surface area contributed by atoms with E-state index in [0.29, 0.717) is 0 Å². The van der Waals surface area contributed by atoms with Crippen molar-refractivity contribution in [2.75, 3.05) is 54.1 Å². The monoisotopic (exact) mass is 421 g/mol. The molecule has 0 spiro atoms. The number of carbonyl (C=O) groups excluding carboxylic acids is 2. The van der Waals surface area contributed by atoms with E-state index in [4.69, 9.17) is 14.2 Å². The number of methoxy groups -OCH3 is 3. The minimum atomic E-state index is -0.598. The van der Waals surface area contributed by atoms with Gasteiger partial charge < -0.3 is 19.5 Å². The van der Waals surface area contributed by atoms with E-state index in [-0.39, 0.29) is 18.4 Å². The van der Waals surface area contributed by atoms with Gasteiger partial charge in [0.1, 0.15) is 6.04 Å². The minimum Gasteiger partial charge on any atom is -0.493 e. The van der Waals surface area contributed by atoms with Crippen molar-refractivity contribution in [1.82, 2.24) is 15.1 Å². The fourth-order valence-corrected chi connectivity index (χ4v) is 3.56. The predicted molar refractivity (Wildman–Crippen MR) is 115 cm³/mol. The number of nitrogens with one attached hydrogen (secondary N) is 1. The summed E-state index contributed by atoms with van der Waals surface area (Å²) >= 11 is 0. The highest BCUT2D eigenvalue weighted by Gasteiger charge is 2.28. The molecule has 1 heterocycles. The SMILES string of the molecule is CC[C@@H](C)[C@H](NC(=O)CN1CCN(Cc2ccc(OC)c(OC)c2)CC1)C(=O)OC. The maximum atomic E-state index is 12.5. The van der Waals surface area contributed by atoms with E-state index in [1.807, 2.05) is 32.0 Å². The molecule has 2 atom stereocenters. The maximum absolute atomic E-state index is 12.5. The molecule has 1 fully saturated rings. The lowest BCUT2D eigenvalue weighted by Crippen LogP contribution is -2.52. The van der Waals surface area contributed by atoms with Gasteiger partial charge in [-0.3, -0.25) is 14.6 Å². The number of nitrogens with zero attached hydrogens (tertiary/aromatic N) is 2. The molecule has 168 valence electrons. The van der Waals surface area contributed by atoms with Crippen LogP contribution in [0.1, 0.15) is 25.8 Å². The van der Waals surface area contributed by atoms with Crippen LogP contribution in [0.5, 0.6) is 11.5 Å². The third kappa shape index (κ3) is 6.60. The minimum absolute atomic E-state index is 0.0275.